The van der Waals surface area contributed by atoms with E-state index in [1.54, 1.807) is 11.3 Å². The molecule has 1 rings (SSSR count). The standard InChI is InChI=1S/C10H17NOS/c1-7(2)11-8(3)10(12)9-5-4-6-13-9/h4-8,10-12H,1-3H3. The molecule has 0 amide bonds. The zero-order chi connectivity index (χ0) is 9.84. The van der Waals surface area contributed by atoms with Gasteiger partial charge in [-0.2, -0.15) is 0 Å². The van der Waals surface area contributed by atoms with Gasteiger partial charge in [-0.1, -0.05) is 19.9 Å². The predicted octanol–water partition coefficient (Wildman–Crippen LogP) is 2.17. The summed E-state index contributed by atoms with van der Waals surface area (Å²) in [6.45, 7) is 6.17. The first-order valence-electron chi connectivity index (χ1n) is 4.58. The smallest absolute Gasteiger partial charge is 0.103 e. The largest absolute Gasteiger partial charge is 0.386 e. The van der Waals surface area contributed by atoms with E-state index in [2.05, 4.69) is 19.2 Å². The summed E-state index contributed by atoms with van der Waals surface area (Å²) in [4.78, 5) is 1.03. The van der Waals surface area contributed by atoms with Crippen LogP contribution in [0, 0.1) is 0 Å². The molecule has 1 aromatic rings. The van der Waals surface area contributed by atoms with Crippen molar-refractivity contribution < 1.29 is 5.11 Å². The van der Waals surface area contributed by atoms with Gasteiger partial charge >= 0.3 is 0 Å². The van der Waals surface area contributed by atoms with E-state index in [-0.39, 0.29) is 12.1 Å². The average Bonchev–Trinajstić information content (AvgIpc) is 2.53. The number of aliphatic hydroxyl groups is 1. The Balaban J connectivity index is 2.52. The maximum Gasteiger partial charge on any atom is 0.103 e. The maximum absolute atomic E-state index is 9.87. The third kappa shape index (κ3) is 3.10. The van der Waals surface area contributed by atoms with Crippen molar-refractivity contribution in [3.63, 3.8) is 0 Å². The molecular formula is C10H17NOS. The van der Waals surface area contributed by atoms with Gasteiger partial charge in [-0.05, 0) is 18.4 Å². The van der Waals surface area contributed by atoms with Gasteiger partial charge in [-0.3, -0.25) is 0 Å². The van der Waals surface area contributed by atoms with Crippen LogP contribution in [0.3, 0.4) is 0 Å². The van der Waals surface area contributed by atoms with Crippen molar-refractivity contribution in [2.45, 2.75) is 39.0 Å². The van der Waals surface area contributed by atoms with E-state index >= 15 is 0 Å². The second-order valence-electron chi connectivity index (χ2n) is 3.57. The molecule has 0 aliphatic heterocycles. The number of nitrogens with one attached hydrogen (secondary N) is 1. The lowest BCUT2D eigenvalue weighted by Crippen LogP contribution is -2.36. The fourth-order valence-corrected chi connectivity index (χ4v) is 2.14. The quantitative estimate of drug-likeness (QED) is 0.779. The Morgan fingerprint density at radius 3 is 2.54 bits per heavy atom. The van der Waals surface area contributed by atoms with Gasteiger partial charge in [-0.15, -0.1) is 11.3 Å². The molecule has 0 radical (unpaired) electrons. The van der Waals surface area contributed by atoms with Crippen LogP contribution in [0.5, 0.6) is 0 Å². The van der Waals surface area contributed by atoms with Crippen LogP contribution < -0.4 is 5.32 Å². The molecule has 13 heavy (non-hydrogen) atoms. The summed E-state index contributed by atoms with van der Waals surface area (Å²) in [6, 6.07) is 4.45. The minimum Gasteiger partial charge on any atom is -0.386 e. The average molecular weight is 199 g/mol. The van der Waals surface area contributed by atoms with Gasteiger partial charge in [0, 0.05) is 17.0 Å². The molecule has 2 atom stereocenters. The molecule has 0 saturated carbocycles. The van der Waals surface area contributed by atoms with Gasteiger partial charge in [0.2, 0.25) is 0 Å². The number of thiophene rings is 1. The van der Waals surface area contributed by atoms with Crippen molar-refractivity contribution in [3.8, 4) is 0 Å². The van der Waals surface area contributed by atoms with Gasteiger partial charge in [-0.25, -0.2) is 0 Å². The molecule has 0 aromatic carbocycles. The summed E-state index contributed by atoms with van der Waals surface area (Å²) in [7, 11) is 0. The summed E-state index contributed by atoms with van der Waals surface area (Å²) < 4.78 is 0. The Hall–Kier alpha value is -0.380. The summed E-state index contributed by atoms with van der Waals surface area (Å²) in [5.41, 5.74) is 0. The van der Waals surface area contributed by atoms with Crippen molar-refractivity contribution in [1.82, 2.24) is 5.32 Å². The summed E-state index contributed by atoms with van der Waals surface area (Å²) in [5, 5.41) is 15.1. The minimum atomic E-state index is -0.387. The molecule has 0 fully saturated rings. The van der Waals surface area contributed by atoms with Crippen molar-refractivity contribution in [3.05, 3.63) is 22.4 Å². The fourth-order valence-electron chi connectivity index (χ4n) is 1.32. The number of aliphatic hydroxyl groups excluding tert-OH is 1. The Morgan fingerprint density at radius 1 is 1.38 bits per heavy atom. The molecule has 2 N–H and O–H groups in total. The highest BCUT2D eigenvalue weighted by Gasteiger charge is 2.17. The van der Waals surface area contributed by atoms with E-state index in [0.29, 0.717) is 6.04 Å². The molecule has 3 heteroatoms. The molecule has 2 unspecified atom stereocenters. The Kier molecular flexibility index (Phi) is 3.90. The van der Waals surface area contributed by atoms with Crippen LogP contribution in [0.4, 0.5) is 0 Å². The number of hydrogen-bond acceptors (Lipinski definition) is 3. The molecule has 0 saturated heterocycles. The Labute approximate surface area is 83.6 Å². The third-order valence-electron chi connectivity index (χ3n) is 1.90. The molecule has 74 valence electrons. The van der Waals surface area contributed by atoms with Gasteiger partial charge in [0.25, 0.3) is 0 Å². The highest BCUT2D eigenvalue weighted by atomic mass is 32.1. The van der Waals surface area contributed by atoms with Crippen LogP contribution in [-0.2, 0) is 0 Å². The summed E-state index contributed by atoms with van der Waals surface area (Å²) in [5.74, 6) is 0. The molecule has 0 aliphatic rings. The summed E-state index contributed by atoms with van der Waals surface area (Å²) >= 11 is 1.60. The SMILES string of the molecule is CC(C)NC(C)C(O)c1cccs1. The van der Waals surface area contributed by atoms with Crippen LogP contribution in [0.1, 0.15) is 31.8 Å². The second-order valence-corrected chi connectivity index (χ2v) is 4.55. The lowest BCUT2D eigenvalue weighted by atomic mass is 10.1. The lowest BCUT2D eigenvalue weighted by molar-refractivity contribution is 0.135. The van der Waals surface area contributed by atoms with E-state index in [9.17, 15) is 5.11 Å². The van der Waals surface area contributed by atoms with E-state index in [1.807, 2.05) is 24.4 Å². The van der Waals surface area contributed by atoms with Crippen molar-refractivity contribution >= 4 is 11.3 Å². The third-order valence-corrected chi connectivity index (χ3v) is 2.85. The highest BCUT2D eigenvalue weighted by Crippen LogP contribution is 2.21. The zero-order valence-corrected chi connectivity index (χ0v) is 9.14. The van der Waals surface area contributed by atoms with E-state index in [4.69, 9.17) is 0 Å². The van der Waals surface area contributed by atoms with Crippen LogP contribution in [0.25, 0.3) is 0 Å². The van der Waals surface area contributed by atoms with Gasteiger partial charge in [0.15, 0.2) is 0 Å². The molecule has 0 spiro atoms. The van der Waals surface area contributed by atoms with Gasteiger partial charge in [0.1, 0.15) is 6.10 Å². The maximum atomic E-state index is 9.87. The fraction of sp³-hybridized carbons (Fsp3) is 0.600. The highest BCUT2D eigenvalue weighted by molar-refractivity contribution is 7.10. The van der Waals surface area contributed by atoms with Crippen molar-refractivity contribution in [2.24, 2.45) is 0 Å². The minimum absolute atomic E-state index is 0.110. The van der Waals surface area contributed by atoms with E-state index in [0.717, 1.165) is 4.88 Å². The molecule has 1 aromatic heterocycles. The van der Waals surface area contributed by atoms with E-state index in [1.165, 1.54) is 0 Å². The topological polar surface area (TPSA) is 32.3 Å². The first kappa shape index (κ1) is 10.7. The van der Waals surface area contributed by atoms with Crippen LogP contribution in [-0.4, -0.2) is 17.2 Å². The first-order valence-corrected chi connectivity index (χ1v) is 5.46. The number of hydrogen-bond donors (Lipinski definition) is 2. The van der Waals surface area contributed by atoms with Crippen molar-refractivity contribution in [1.29, 1.82) is 0 Å². The van der Waals surface area contributed by atoms with Crippen LogP contribution >= 0.6 is 11.3 Å². The first-order chi connectivity index (χ1) is 6.11. The van der Waals surface area contributed by atoms with Gasteiger partial charge < -0.3 is 10.4 Å². The lowest BCUT2D eigenvalue weighted by Gasteiger charge is -2.21. The van der Waals surface area contributed by atoms with Gasteiger partial charge in [0.05, 0.1) is 0 Å². The van der Waals surface area contributed by atoms with E-state index < -0.39 is 0 Å². The zero-order valence-electron chi connectivity index (χ0n) is 8.32. The Bertz CT molecular complexity index is 233. The predicted molar refractivity (Wildman–Crippen MR) is 57.0 cm³/mol. The molecular weight excluding hydrogens is 182 g/mol. The number of rotatable bonds is 4. The van der Waals surface area contributed by atoms with Crippen LogP contribution in [0.15, 0.2) is 17.5 Å². The summed E-state index contributed by atoms with van der Waals surface area (Å²) in [6.07, 6.45) is -0.387. The molecule has 1 heterocycles. The second kappa shape index (κ2) is 4.74. The molecule has 0 bridgehead atoms. The van der Waals surface area contributed by atoms with Crippen molar-refractivity contribution in [2.75, 3.05) is 0 Å². The van der Waals surface area contributed by atoms with Crippen LogP contribution in [0.2, 0.25) is 0 Å². The monoisotopic (exact) mass is 199 g/mol. The Morgan fingerprint density at radius 2 is 2.08 bits per heavy atom. The normalized spacial score (nSPS) is 16.1. The molecule has 0 aliphatic carbocycles. The molecule has 2 nitrogen and oxygen atoms in total.